The number of nitrogens with two attached hydrogens (primary N) is 2. The van der Waals surface area contributed by atoms with Gasteiger partial charge in [-0.3, -0.25) is 4.79 Å². The Morgan fingerprint density at radius 3 is 2.56 bits per heavy atom. The molecular weight excluding hydrogens is 202 g/mol. The van der Waals surface area contributed by atoms with Crippen molar-refractivity contribution in [2.75, 3.05) is 25.1 Å². The Kier molecular flexibility index (Phi) is 3.55. The number of benzene rings is 1. The van der Waals surface area contributed by atoms with Crippen LogP contribution in [0.2, 0.25) is 0 Å². The van der Waals surface area contributed by atoms with Crippen LogP contribution in [0.3, 0.4) is 0 Å². The van der Waals surface area contributed by atoms with Crippen molar-refractivity contribution < 1.29 is 4.79 Å². The van der Waals surface area contributed by atoms with Crippen molar-refractivity contribution in [3.8, 4) is 0 Å². The van der Waals surface area contributed by atoms with E-state index in [0.717, 1.165) is 5.57 Å². The van der Waals surface area contributed by atoms with Gasteiger partial charge in [0.05, 0.1) is 5.56 Å². The molecule has 0 aliphatic rings. The zero-order valence-corrected chi connectivity index (χ0v) is 9.66. The summed E-state index contributed by atoms with van der Waals surface area (Å²) in [6.45, 7) is 6.15. The van der Waals surface area contributed by atoms with Crippen LogP contribution in [0.15, 0.2) is 30.4 Å². The van der Waals surface area contributed by atoms with Crippen LogP contribution in [-0.2, 0) is 0 Å². The molecule has 0 radical (unpaired) electrons. The van der Waals surface area contributed by atoms with E-state index in [2.05, 4.69) is 6.58 Å². The summed E-state index contributed by atoms with van der Waals surface area (Å²) >= 11 is 0. The number of rotatable bonds is 3. The normalized spacial score (nSPS) is 9.88. The zero-order chi connectivity index (χ0) is 12.3. The Bertz CT molecular complexity index is 426. The minimum absolute atomic E-state index is 0.125. The number of carbonyl (C=O) groups excluding carboxylic acids is 1. The first-order valence-electron chi connectivity index (χ1n) is 4.96. The number of anilines is 2. The van der Waals surface area contributed by atoms with Crippen molar-refractivity contribution in [3.63, 3.8) is 0 Å². The highest BCUT2D eigenvalue weighted by Gasteiger charge is 2.14. The molecule has 4 N–H and O–H groups in total. The maximum atomic E-state index is 12.0. The second-order valence-electron chi connectivity index (χ2n) is 3.97. The van der Waals surface area contributed by atoms with Gasteiger partial charge in [-0.1, -0.05) is 12.2 Å². The zero-order valence-electron chi connectivity index (χ0n) is 9.66. The molecule has 0 aliphatic carbocycles. The van der Waals surface area contributed by atoms with E-state index in [1.165, 1.54) is 0 Å². The van der Waals surface area contributed by atoms with Crippen LogP contribution in [0, 0.1) is 0 Å². The fourth-order valence-electron chi connectivity index (χ4n) is 1.46. The number of carbonyl (C=O) groups is 1. The van der Waals surface area contributed by atoms with Crippen LogP contribution < -0.4 is 11.5 Å². The number of likely N-dealkylation sites (N-methyl/N-ethyl adjacent to an activating group) is 1. The SMILES string of the molecule is C=C(C)CN(C)C(=O)c1ccc(N)cc1N. The molecule has 1 aromatic rings. The van der Waals surface area contributed by atoms with Crippen LogP contribution in [0.25, 0.3) is 0 Å². The van der Waals surface area contributed by atoms with Gasteiger partial charge < -0.3 is 16.4 Å². The standard InChI is InChI=1S/C12H17N3O/c1-8(2)7-15(3)12(16)10-5-4-9(13)6-11(10)14/h4-6H,1,7,13-14H2,2-3H3. The van der Waals surface area contributed by atoms with Crippen molar-refractivity contribution in [2.45, 2.75) is 6.92 Å². The molecule has 0 saturated carbocycles. The molecule has 0 bridgehead atoms. The molecule has 1 amide bonds. The number of amides is 1. The Morgan fingerprint density at radius 2 is 2.06 bits per heavy atom. The van der Waals surface area contributed by atoms with E-state index in [1.807, 2.05) is 6.92 Å². The van der Waals surface area contributed by atoms with Crippen molar-refractivity contribution in [3.05, 3.63) is 35.9 Å². The summed E-state index contributed by atoms with van der Waals surface area (Å²) in [6.07, 6.45) is 0. The molecule has 1 rings (SSSR count). The lowest BCUT2D eigenvalue weighted by Gasteiger charge is -2.18. The maximum absolute atomic E-state index is 12.0. The molecule has 0 atom stereocenters. The van der Waals surface area contributed by atoms with Crippen LogP contribution in [0.4, 0.5) is 11.4 Å². The first-order chi connectivity index (χ1) is 7.41. The Balaban J connectivity index is 2.92. The summed E-state index contributed by atoms with van der Waals surface area (Å²) < 4.78 is 0. The molecular formula is C12H17N3O. The van der Waals surface area contributed by atoms with E-state index in [4.69, 9.17) is 11.5 Å². The number of hydrogen-bond donors (Lipinski definition) is 2. The summed E-state index contributed by atoms with van der Waals surface area (Å²) in [7, 11) is 1.72. The topological polar surface area (TPSA) is 72.3 Å². The maximum Gasteiger partial charge on any atom is 0.255 e. The molecule has 4 heteroatoms. The molecule has 0 aromatic heterocycles. The van der Waals surface area contributed by atoms with Gasteiger partial charge >= 0.3 is 0 Å². The van der Waals surface area contributed by atoms with Gasteiger partial charge in [0.15, 0.2) is 0 Å². The third-order valence-corrected chi connectivity index (χ3v) is 2.16. The third kappa shape index (κ3) is 2.76. The van der Waals surface area contributed by atoms with Crippen molar-refractivity contribution in [1.29, 1.82) is 0 Å². The molecule has 4 nitrogen and oxygen atoms in total. The molecule has 0 heterocycles. The summed E-state index contributed by atoms with van der Waals surface area (Å²) in [5.41, 5.74) is 13.7. The van der Waals surface area contributed by atoms with Gasteiger partial charge in [0.1, 0.15) is 0 Å². The first kappa shape index (κ1) is 12.1. The third-order valence-electron chi connectivity index (χ3n) is 2.16. The molecule has 1 aromatic carbocycles. The largest absolute Gasteiger partial charge is 0.399 e. The molecule has 86 valence electrons. The van der Waals surface area contributed by atoms with E-state index in [0.29, 0.717) is 23.5 Å². The quantitative estimate of drug-likeness (QED) is 0.597. The highest BCUT2D eigenvalue weighted by molar-refractivity contribution is 5.99. The molecule has 0 spiro atoms. The smallest absolute Gasteiger partial charge is 0.255 e. The second kappa shape index (κ2) is 4.70. The van der Waals surface area contributed by atoms with Gasteiger partial charge in [-0.05, 0) is 25.1 Å². The lowest BCUT2D eigenvalue weighted by molar-refractivity contribution is 0.0808. The minimum atomic E-state index is -0.125. The summed E-state index contributed by atoms with van der Waals surface area (Å²) in [5, 5.41) is 0. The first-order valence-corrected chi connectivity index (χ1v) is 4.96. The molecule has 0 saturated heterocycles. The van der Waals surface area contributed by atoms with Crippen LogP contribution in [0.5, 0.6) is 0 Å². The Hall–Kier alpha value is -1.97. The van der Waals surface area contributed by atoms with Gasteiger partial charge in [-0.25, -0.2) is 0 Å². The van der Waals surface area contributed by atoms with E-state index < -0.39 is 0 Å². The molecule has 0 unspecified atom stereocenters. The van der Waals surface area contributed by atoms with Gasteiger partial charge in [0, 0.05) is 25.0 Å². The number of nitrogens with zero attached hydrogens (tertiary/aromatic N) is 1. The minimum Gasteiger partial charge on any atom is -0.399 e. The van der Waals surface area contributed by atoms with Crippen LogP contribution >= 0.6 is 0 Å². The molecule has 16 heavy (non-hydrogen) atoms. The lowest BCUT2D eigenvalue weighted by atomic mass is 10.1. The fourth-order valence-corrected chi connectivity index (χ4v) is 1.46. The highest BCUT2D eigenvalue weighted by Crippen LogP contribution is 2.17. The highest BCUT2D eigenvalue weighted by atomic mass is 16.2. The van der Waals surface area contributed by atoms with E-state index in [-0.39, 0.29) is 5.91 Å². The average Bonchev–Trinajstić information content (AvgIpc) is 2.15. The fraction of sp³-hybridized carbons (Fsp3) is 0.250. The Morgan fingerprint density at radius 1 is 1.44 bits per heavy atom. The number of nitrogen functional groups attached to an aromatic ring is 2. The lowest BCUT2D eigenvalue weighted by Crippen LogP contribution is -2.28. The summed E-state index contributed by atoms with van der Waals surface area (Å²) in [5.74, 6) is -0.125. The molecule has 0 fully saturated rings. The van der Waals surface area contributed by atoms with E-state index in [1.54, 1.807) is 30.1 Å². The summed E-state index contributed by atoms with van der Waals surface area (Å²) in [6, 6.07) is 4.89. The number of hydrogen-bond acceptors (Lipinski definition) is 3. The van der Waals surface area contributed by atoms with Crippen LogP contribution in [0.1, 0.15) is 17.3 Å². The second-order valence-corrected chi connectivity index (χ2v) is 3.97. The van der Waals surface area contributed by atoms with Gasteiger partial charge in [-0.2, -0.15) is 0 Å². The van der Waals surface area contributed by atoms with Crippen LogP contribution in [-0.4, -0.2) is 24.4 Å². The van der Waals surface area contributed by atoms with Crippen molar-refractivity contribution in [1.82, 2.24) is 4.90 Å². The van der Waals surface area contributed by atoms with Gasteiger partial charge in [0.25, 0.3) is 5.91 Å². The summed E-state index contributed by atoms with van der Waals surface area (Å²) in [4.78, 5) is 13.5. The van der Waals surface area contributed by atoms with Gasteiger partial charge in [-0.15, -0.1) is 0 Å². The predicted octanol–water partition coefficient (Wildman–Crippen LogP) is 1.50. The van der Waals surface area contributed by atoms with Gasteiger partial charge in [0.2, 0.25) is 0 Å². The van der Waals surface area contributed by atoms with Crippen molar-refractivity contribution in [2.24, 2.45) is 0 Å². The monoisotopic (exact) mass is 219 g/mol. The van der Waals surface area contributed by atoms with Crippen molar-refractivity contribution >= 4 is 17.3 Å². The van der Waals surface area contributed by atoms with E-state index in [9.17, 15) is 4.79 Å². The predicted molar refractivity (Wildman–Crippen MR) is 67.0 cm³/mol. The van der Waals surface area contributed by atoms with E-state index >= 15 is 0 Å². The molecule has 0 aliphatic heterocycles. The average molecular weight is 219 g/mol. The Labute approximate surface area is 95.5 Å².